The molecule has 0 amide bonds. The molecule has 0 saturated carbocycles. The van der Waals surface area contributed by atoms with Crippen molar-refractivity contribution in [2.45, 2.75) is 13.5 Å². The fourth-order valence-electron chi connectivity index (χ4n) is 0.785. The molecular weight excluding hydrogens is 154 g/mol. The third kappa shape index (κ3) is 3.46. The summed E-state index contributed by atoms with van der Waals surface area (Å²) >= 11 is 0. The lowest BCUT2D eigenvalue weighted by Gasteiger charge is -2.02. The highest BCUT2D eigenvalue weighted by molar-refractivity contribution is 5.06. The SMILES string of the molecule is CCOCOCc1cccnc1. The van der Waals surface area contributed by atoms with Crippen molar-refractivity contribution >= 4 is 0 Å². The summed E-state index contributed by atoms with van der Waals surface area (Å²) in [6.07, 6.45) is 3.53. The van der Waals surface area contributed by atoms with E-state index in [4.69, 9.17) is 9.47 Å². The predicted molar refractivity (Wildman–Crippen MR) is 45.5 cm³/mol. The van der Waals surface area contributed by atoms with Gasteiger partial charge in [0.1, 0.15) is 6.79 Å². The molecule has 0 aliphatic carbocycles. The van der Waals surface area contributed by atoms with Gasteiger partial charge in [0, 0.05) is 19.0 Å². The molecule has 3 heteroatoms. The van der Waals surface area contributed by atoms with E-state index < -0.39 is 0 Å². The molecule has 0 spiro atoms. The van der Waals surface area contributed by atoms with Gasteiger partial charge >= 0.3 is 0 Å². The fraction of sp³-hybridized carbons (Fsp3) is 0.444. The van der Waals surface area contributed by atoms with Gasteiger partial charge in [-0.3, -0.25) is 4.98 Å². The van der Waals surface area contributed by atoms with Crippen LogP contribution >= 0.6 is 0 Å². The third-order valence-electron chi connectivity index (χ3n) is 1.36. The van der Waals surface area contributed by atoms with Crippen molar-refractivity contribution in [1.82, 2.24) is 4.98 Å². The summed E-state index contributed by atoms with van der Waals surface area (Å²) in [5, 5.41) is 0. The Morgan fingerprint density at radius 2 is 2.33 bits per heavy atom. The van der Waals surface area contributed by atoms with Gasteiger partial charge in [0.2, 0.25) is 0 Å². The average molecular weight is 167 g/mol. The van der Waals surface area contributed by atoms with Crippen LogP contribution in [0.25, 0.3) is 0 Å². The van der Waals surface area contributed by atoms with E-state index in [1.807, 2.05) is 19.1 Å². The third-order valence-corrected chi connectivity index (χ3v) is 1.36. The van der Waals surface area contributed by atoms with Crippen LogP contribution in [0.5, 0.6) is 0 Å². The molecule has 12 heavy (non-hydrogen) atoms. The van der Waals surface area contributed by atoms with E-state index in [2.05, 4.69) is 4.98 Å². The fourth-order valence-corrected chi connectivity index (χ4v) is 0.785. The number of aromatic nitrogens is 1. The largest absolute Gasteiger partial charge is 0.356 e. The van der Waals surface area contributed by atoms with E-state index in [0.717, 1.165) is 5.56 Å². The summed E-state index contributed by atoms with van der Waals surface area (Å²) in [7, 11) is 0. The maximum absolute atomic E-state index is 5.20. The summed E-state index contributed by atoms with van der Waals surface area (Å²) < 4.78 is 10.2. The minimum absolute atomic E-state index is 0.353. The van der Waals surface area contributed by atoms with Crippen molar-refractivity contribution in [2.75, 3.05) is 13.4 Å². The van der Waals surface area contributed by atoms with Gasteiger partial charge in [-0.15, -0.1) is 0 Å². The van der Waals surface area contributed by atoms with Crippen LogP contribution in [0.1, 0.15) is 12.5 Å². The summed E-state index contributed by atoms with van der Waals surface area (Å²) in [4.78, 5) is 3.96. The van der Waals surface area contributed by atoms with Gasteiger partial charge in [0.15, 0.2) is 0 Å². The van der Waals surface area contributed by atoms with Crippen LogP contribution in [0.3, 0.4) is 0 Å². The van der Waals surface area contributed by atoms with E-state index in [9.17, 15) is 0 Å². The van der Waals surface area contributed by atoms with Crippen LogP contribution in [0.15, 0.2) is 24.5 Å². The van der Waals surface area contributed by atoms with Crippen LogP contribution in [-0.2, 0) is 16.1 Å². The standard InChI is InChI=1S/C9H13NO2/c1-2-11-8-12-7-9-4-3-5-10-6-9/h3-6H,2,7-8H2,1H3. The molecular formula is C9H13NO2. The normalized spacial score (nSPS) is 10.1. The highest BCUT2D eigenvalue weighted by Crippen LogP contribution is 1.97. The summed E-state index contributed by atoms with van der Waals surface area (Å²) in [5.41, 5.74) is 1.07. The van der Waals surface area contributed by atoms with Gasteiger partial charge in [0.25, 0.3) is 0 Å². The van der Waals surface area contributed by atoms with Crippen molar-refractivity contribution in [3.63, 3.8) is 0 Å². The smallest absolute Gasteiger partial charge is 0.147 e. The molecule has 0 N–H and O–H groups in total. The summed E-state index contributed by atoms with van der Waals surface area (Å²) in [6, 6.07) is 3.86. The number of nitrogens with zero attached hydrogens (tertiary/aromatic N) is 1. The van der Waals surface area contributed by atoms with Crippen molar-refractivity contribution in [1.29, 1.82) is 0 Å². The number of ether oxygens (including phenoxy) is 2. The van der Waals surface area contributed by atoms with Crippen LogP contribution < -0.4 is 0 Å². The lowest BCUT2D eigenvalue weighted by atomic mass is 10.3. The van der Waals surface area contributed by atoms with E-state index in [-0.39, 0.29) is 0 Å². The topological polar surface area (TPSA) is 31.4 Å². The second-order valence-electron chi connectivity index (χ2n) is 2.32. The molecule has 0 fully saturated rings. The zero-order valence-corrected chi connectivity index (χ0v) is 7.19. The zero-order chi connectivity index (χ0) is 8.65. The molecule has 0 atom stereocenters. The Kier molecular flexibility index (Phi) is 4.34. The van der Waals surface area contributed by atoms with Gasteiger partial charge in [-0.2, -0.15) is 0 Å². The molecule has 0 aliphatic rings. The Morgan fingerprint density at radius 1 is 1.42 bits per heavy atom. The molecule has 0 aliphatic heterocycles. The molecule has 0 radical (unpaired) electrons. The molecule has 0 bridgehead atoms. The Balaban J connectivity index is 2.16. The maximum Gasteiger partial charge on any atom is 0.147 e. The highest BCUT2D eigenvalue weighted by Gasteiger charge is 1.90. The predicted octanol–water partition coefficient (Wildman–Crippen LogP) is 1.59. The summed E-state index contributed by atoms with van der Waals surface area (Å²) in [5.74, 6) is 0. The van der Waals surface area contributed by atoms with E-state index in [0.29, 0.717) is 20.0 Å². The minimum atomic E-state index is 0.353. The van der Waals surface area contributed by atoms with Crippen LogP contribution in [0.2, 0.25) is 0 Å². The van der Waals surface area contributed by atoms with E-state index in [1.54, 1.807) is 12.4 Å². The van der Waals surface area contributed by atoms with Crippen molar-refractivity contribution in [3.05, 3.63) is 30.1 Å². The number of hydrogen-bond acceptors (Lipinski definition) is 3. The first-order valence-electron chi connectivity index (χ1n) is 3.98. The Bertz CT molecular complexity index is 201. The Labute approximate surface area is 72.3 Å². The minimum Gasteiger partial charge on any atom is -0.356 e. The van der Waals surface area contributed by atoms with Crippen LogP contribution in [0.4, 0.5) is 0 Å². The molecule has 0 saturated heterocycles. The first kappa shape index (κ1) is 9.16. The number of hydrogen-bond donors (Lipinski definition) is 0. The summed E-state index contributed by atoms with van der Waals surface area (Å²) in [6.45, 7) is 3.54. The molecule has 1 rings (SSSR count). The van der Waals surface area contributed by atoms with E-state index in [1.165, 1.54) is 0 Å². The van der Waals surface area contributed by atoms with Gasteiger partial charge in [-0.25, -0.2) is 0 Å². The first-order chi connectivity index (χ1) is 5.93. The molecule has 0 unspecified atom stereocenters. The Morgan fingerprint density at radius 3 is 3.00 bits per heavy atom. The quantitative estimate of drug-likeness (QED) is 0.493. The van der Waals surface area contributed by atoms with Crippen molar-refractivity contribution < 1.29 is 9.47 Å². The van der Waals surface area contributed by atoms with Gasteiger partial charge in [-0.1, -0.05) is 6.07 Å². The first-order valence-corrected chi connectivity index (χ1v) is 3.98. The molecule has 1 aromatic heterocycles. The monoisotopic (exact) mass is 167 g/mol. The zero-order valence-electron chi connectivity index (χ0n) is 7.19. The van der Waals surface area contributed by atoms with Crippen molar-refractivity contribution in [3.8, 4) is 0 Å². The van der Waals surface area contributed by atoms with Crippen LogP contribution in [-0.4, -0.2) is 18.4 Å². The number of pyridine rings is 1. The maximum atomic E-state index is 5.20. The molecule has 1 heterocycles. The second kappa shape index (κ2) is 5.69. The molecule has 3 nitrogen and oxygen atoms in total. The van der Waals surface area contributed by atoms with Gasteiger partial charge in [0.05, 0.1) is 6.61 Å². The van der Waals surface area contributed by atoms with Crippen molar-refractivity contribution in [2.24, 2.45) is 0 Å². The molecule has 1 aromatic rings. The average Bonchev–Trinajstić information content (AvgIpc) is 2.14. The second-order valence-corrected chi connectivity index (χ2v) is 2.32. The van der Waals surface area contributed by atoms with Gasteiger partial charge < -0.3 is 9.47 Å². The Hall–Kier alpha value is -0.930. The lowest BCUT2D eigenvalue weighted by molar-refractivity contribution is -0.0572. The molecule has 66 valence electrons. The van der Waals surface area contributed by atoms with Gasteiger partial charge in [-0.05, 0) is 18.6 Å². The number of rotatable bonds is 5. The lowest BCUT2D eigenvalue weighted by Crippen LogP contribution is -1.99. The van der Waals surface area contributed by atoms with Crippen LogP contribution in [0, 0.1) is 0 Å². The molecule has 0 aromatic carbocycles. The highest BCUT2D eigenvalue weighted by atomic mass is 16.7. The van der Waals surface area contributed by atoms with E-state index >= 15 is 0 Å².